The van der Waals surface area contributed by atoms with Crippen LogP contribution < -0.4 is 26.8 Å². The number of carbonyl (C=O) groups is 1. The molecule has 0 saturated heterocycles. The zero-order valence-corrected chi connectivity index (χ0v) is 10.3. The van der Waals surface area contributed by atoms with E-state index in [1.807, 2.05) is 0 Å². The Kier molecular flexibility index (Phi) is 3.23. The van der Waals surface area contributed by atoms with Crippen LogP contribution in [0.5, 0.6) is 5.75 Å². The van der Waals surface area contributed by atoms with Gasteiger partial charge in [-0.2, -0.15) is 4.99 Å². The Morgan fingerprint density at radius 1 is 1.37 bits per heavy atom. The summed E-state index contributed by atoms with van der Waals surface area (Å²) < 4.78 is 5.32. The predicted molar refractivity (Wildman–Crippen MR) is 72.4 cm³/mol. The molecule has 0 bridgehead atoms. The molecule has 8 heteroatoms. The molecular weight excluding hydrogens is 248 g/mol. The zero-order chi connectivity index (χ0) is 14.0. The standard InChI is InChI=1S/C11H14N6O2/c1-17-8(18)5-19-7-4-2-3-6(9(7)17)15-11(14)16-10(12)13/h2-4H,5H2,1H3,(H6,12,13,14,15,16). The van der Waals surface area contributed by atoms with Crippen molar-refractivity contribution in [2.24, 2.45) is 27.2 Å². The highest BCUT2D eigenvalue weighted by molar-refractivity contribution is 6.02. The van der Waals surface area contributed by atoms with Crippen molar-refractivity contribution in [2.45, 2.75) is 0 Å². The minimum atomic E-state index is -0.188. The maximum absolute atomic E-state index is 11.6. The number of likely N-dealkylation sites (N-methyl/N-ethyl adjacent to an activating group) is 1. The first kappa shape index (κ1) is 12.7. The van der Waals surface area contributed by atoms with Gasteiger partial charge in [-0.1, -0.05) is 6.07 Å². The molecule has 0 fully saturated rings. The van der Waals surface area contributed by atoms with Crippen LogP contribution in [-0.2, 0) is 4.79 Å². The third-order valence-corrected chi connectivity index (χ3v) is 2.52. The van der Waals surface area contributed by atoms with Crippen molar-refractivity contribution in [1.82, 2.24) is 0 Å². The maximum atomic E-state index is 11.6. The number of rotatable bonds is 1. The Balaban J connectivity index is 2.49. The molecule has 2 rings (SSSR count). The molecule has 100 valence electrons. The Morgan fingerprint density at radius 3 is 2.79 bits per heavy atom. The summed E-state index contributed by atoms with van der Waals surface area (Å²) >= 11 is 0. The van der Waals surface area contributed by atoms with Gasteiger partial charge in [0.1, 0.15) is 11.4 Å². The van der Waals surface area contributed by atoms with Crippen molar-refractivity contribution in [1.29, 1.82) is 0 Å². The Labute approximate surface area is 109 Å². The SMILES string of the molecule is CN1C(=O)COc2cccc(N=C(N)N=C(N)N)c21. The average molecular weight is 262 g/mol. The molecule has 0 radical (unpaired) electrons. The van der Waals surface area contributed by atoms with Gasteiger partial charge in [-0.25, -0.2) is 4.99 Å². The van der Waals surface area contributed by atoms with Crippen molar-refractivity contribution in [3.8, 4) is 5.75 Å². The second kappa shape index (κ2) is 4.84. The molecule has 0 atom stereocenters. The summed E-state index contributed by atoms with van der Waals surface area (Å²) in [5.74, 6) is 0.1000. The fourth-order valence-electron chi connectivity index (χ4n) is 1.70. The minimum absolute atomic E-state index is 0.0000503. The molecule has 0 saturated carbocycles. The number of benzene rings is 1. The number of hydrogen-bond donors (Lipinski definition) is 3. The van der Waals surface area contributed by atoms with E-state index in [1.165, 1.54) is 4.90 Å². The van der Waals surface area contributed by atoms with Gasteiger partial charge in [0, 0.05) is 7.05 Å². The first-order chi connectivity index (χ1) is 8.99. The molecule has 6 N–H and O–H groups in total. The van der Waals surface area contributed by atoms with E-state index >= 15 is 0 Å². The number of nitrogens with two attached hydrogens (primary N) is 3. The van der Waals surface area contributed by atoms with Gasteiger partial charge in [0.2, 0.25) is 5.96 Å². The molecule has 1 aromatic carbocycles. The summed E-state index contributed by atoms with van der Waals surface area (Å²) in [5.41, 5.74) is 17.0. The maximum Gasteiger partial charge on any atom is 0.264 e. The smallest absolute Gasteiger partial charge is 0.264 e. The monoisotopic (exact) mass is 262 g/mol. The average Bonchev–Trinajstić information content (AvgIpc) is 2.33. The van der Waals surface area contributed by atoms with Crippen LogP contribution >= 0.6 is 0 Å². The van der Waals surface area contributed by atoms with Crippen molar-refractivity contribution in [3.05, 3.63) is 18.2 Å². The normalized spacial score (nSPS) is 14.7. The number of fused-ring (bicyclic) bond motifs is 1. The number of carbonyl (C=O) groups excluding carboxylic acids is 1. The number of para-hydroxylation sites is 1. The quantitative estimate of drug-likeness (QED) is 0.453. The van der Waals surface area contributed by atoms with Gasteiger partial charge in [0.05, 0.1) is 5.69 Å². The van der Waals surface area contributed by atoms with Crippen molar-refractivity contribution >= 4 is 29.2 Å². The van der Waals surface area contributed by atoms with Gasteiger partial charge < -0.3 is 26.8 Å². The Bertz CT molecular complexity index is 577. The molecule has 19 heavy (non-hydrogen) atoms. The summed E-state index contributed by atoms with van der Waals surface area (Å²) in [6, 6.07) is 5.17. The summed E-state index contributed by atoms with van der Waals surface area (Å²) in [5, 5.41) is 0. The topological polar surface area (TPSA) is 132 Å². The number of amides is 1. The van der Waals surface area contributed by atoms with Gasteiger partial charge in [-0.05, 0) is 12.1 Å². The number of anilines is 1. The van der Waals surface area contributed by atoms with Crippen LogP contribution in [0.1, 0.15) is 0 Å². The number of hydrogen-bond acceptors (Lipinski definition) is 3. The fourth-order valence-corrected chi connectivity index (χ4v) is 1.70. The predicted octanol–water partition coefficient (Wildman–Crippen LogP) is -0.739. The van der Waals surface area contributed by atoms with E-state index in [0.29, 0.717) is 17.1 Å². The molecule has 1 amide bonds. The third kappa shape index (κ3) is 2.57. The van der Waals surface area contributed by atoms with E-state index < -0.39 is 0 Å². The van der Waals surface area contributed by atoms with Crippen LogP contribution in [0.3, 0.4) is 0 Å². The van der Waals surface area contributed by atoms with Crippen LogP contribution in [0.2, 0.25) is 0 Å². The lowest BCUT2D eigenvalue weighted by Gasteiger charge is -2.26. The lowest BCUT2D eigenvalue weighted by molar-refractivity contribution is -0.120. The van der Waals surface area contributed by atoms with Crippen molar-refractivity contribution < 1.29 is 9.53 Å². The first-order valence-electron chi connectivity index (χ1n) is 5.45. The molecule has 8 nitrogen and oxygen atoms in total. The molecule has 1 aliphatic heterocycles. The summed E-state index contributed by atoms with van der Waals surface area (Å²) in [6.45, 7) is 0.0000503. The molecular formula is C11H14N6O2. The Hall–Kier alpha value is -2.77. The lowest BCUT2D eigenvalue weighted by atomic mass is 10.2. The van der Waals surface area contributed by atoms with E-state index in [2.05, 4.69) is 9.98 Å². The van der Waals surface area contributed by atoms with Crippen molar-refractivity contribution in [3.63, 3.8) is 0 Å². The highest BCUT2D eigenvalue weighted by atomic mass is 16.5. The van der Waals surface area contributed by atoms with Crippen LogP contribution in [0.15, 0.2) is 28.2 Å². The van der Waals surface area contributed by atoms with Crippen LogP contribution in [0.25, 0.3) is 0 Å². The molecule has 1 aliphatic rings. The van der Waals surface area contributed by atoms with Gasteiger partial charge in [0.25, 0.3) is 5.91 Å². The van der Waals surface area contributed by atoms with Gasteiger partial charge >= 0.3 is 0 Å². The van der Waals surface area contributed by atoms with E-state index in [4.69, 9.17) is 21.9 Å². The number of guanidine groups is 2. The van der Waals surface area contributed by atoms with Crippen LogP contribution in [-0.4, -0.2) is 31.5 Å². The summed E-state index contributed by atoms with van der Waals surface area (Å²) in [4.78, 5) is 20.8. The molecule has 0 spiro atoms. The fraction of sp³-hybridized carbons (Fsp3) is 0.182. The van der Waals surface area contributed by atoms with Crippen LogP contribution in [0.4, 0.5) is 11.4 Å². The second-order valence-corrected chi connectivity index (χ2v) is 3.87. The van der Waals surface area contributed by atoms with E-state index in [-0.39, 0.29) is 24.4 Å². The second-order valence-electron chi connectivity index (χ2n) is 3.87. The number of nitrogens with zero attached hydrogens (tertiary/aromatic N) is 3. The number of ether oxygens (including phenoxy) is 1. The highest BCUT2D eigenvalue weighted by Gasteiger charge is 2.24. The number of aliphatic imine (C=N–C) groups is 2. The summed E-state index contributed by atoms with van der Waals surface area (Å²) in [6.07, 6.45) is 0. The largest absolute Gasteiger partial charge is 0.481 e. The lowest BCUT2D eigenvalue weighted by Crippen LogP contribution is -2.35. The van der Waals surface area contributed by atoms with E-state index in [1.54, 1.807) is 25.2 Å². The van der Waals surface area contributed by atoms with Gasteiger partial charge in [-0.3, -0.25) is 4.79 Å². The molecule has 0 aromatic heterocycles. The molecule has 1 aromatic rings. The van der Waals surface area contributed by atoms with E-state index in [0.717, 1.165) is 0 Å². The zero-order valence-electron chi connectivity index (χ0n) is 10.3. The van der Waals surface area contributed by atoms with Crippen molar-refractivity contribution in [2.75, 3.05) is 18.6 Å². The van der Waals surface area contributed by atoms with Gasteiger partial charge in [-0.15, -0.1) is 0 Å². The third-order valence-electron chi connectivity index (χ3n) is 2.52. The highest BCUT2D eigenvalue weighted by Crippen LogP contribution is 2.39. The summed E-state index contributed by atoms with van der Waals surface area (Å²) in [7, 11) is 1.64. The molecule has 0 aliphatic carbocycles. The van der Waals surface area contributed by atoms with E-state index in [9.17, 15) is 4.79 Å². The van der Waals surface area contributed by atoms with Gasteiger partial charge in [0.15, 0.2) is 12.6 Å². The molecule has 1 heterocycles. The molecule has 0 unspecified atom stereocenters. The Morgan fingerprint density at radius 2 is 2.11 bits per heavy atom. The first-order valence-corrected chi connectivity index (χ1v) is 5.45. The van der Waals surface area contributed by atoms with Crippen LogP contribution in [0, 0.1) is 0 Å². The minimum Gasteiger partial charge on any atom is -0.481 e.